The third-order valence-corrected chi connectivity index (χ3v) is 3.19. The predicted molar refractivity (Wildman–Crippen MR) is 75.5 cm³/mol. The summed E-state index contributed by atoms with van der Waals surface area (Å²) in [7, 11) is 0. The number of para-hydroxylation sites is 2. The van der Waals surface area contributed by atoms with Crippen LogP contribution in [0, 0.1) is 0 Å². The van der Waals surface area contributed by atoms with Gasteiger partial charge in [-0.2, -0.15) is 0 Å². The van der Waals surface area contributed by atoms with Crippen LogP contribution in [0.3, 0.4) is 0 Å². The lowest BCUT2D eigenvalue weighted by atomic mass is 10.1. The molecule has 0 spiro atoms. The number of nitrogens with zero attached hydrogens (tertiary/aromatic N) is 1. The van der Waals surface area contributed by atoms with E-state index in [1.165, 1.54) is 0 Å². The van der Waals surface area contributed by atoms with Crippen molar-refractivity contribution in [3.63, 3.8) is 0 Å². The molecule has 0 saturated carbocycles. The molecule has 88 valence electrons. The summed E-state index contributed by atoms with van der Waals surface area (Å²) in [6.07, 6.45) is 0. The van der Waals surface area contributed by atoms with Crippen molar-refractivity contribution >= 4 is 27.0 Å². The van der Waals surface area contributed by atoms with Gasteiger partial charge in [-0.3, -0.25) is 4.79 Å². The number of hydrogen-bond donors (Lipinski definition) is 1. The Bertz CT molecular complexity index is 780. The van der Waals surface area contributed by atoms with Gasteiger partial charge in [0.2, 0.25) is 0 Å². The Kier molecular flexibility index (Phi) is 2.72. The van der Waals surface area contributed by atoms with E-state index in [9.17, 15) is 4.79 Å². The van der Waals surface area contributed by atoms with Crippen molar-refractivity contribution in [3.05, 3.63) is 63.4 Å². The van der Waals surface area contributed by atoms with E-state index in [1.54, 1.807) is 0 Å². The van der Waals surface area contributed by atoms with Gasteiger partial charge in [0.1, 0.15) is 5.69 Å². The molecule has 0 aliphatic rings. The number of nitrogens with one attached hydrogen (secondary N) is 1. The second-order valence-corrected chi connectivity index (χ2v) is 4.86. The minimum atomic E-state index is -0.174. The summed E-state index contributed by atoms with van der Waals surface area (Å²) in [4.78, 5) is 19.3. The molecule has 0 aliphatic heterocycles. The van der Waals surface area contributed by atoms with Crippen LogP contribution in [0.1, 0.15) is 0 Å². The maximum atomic E-state index is 12.0. The van der Waals surface area contributed by atoms with E-state index in [4.69, 9.17) is 0 Å². The van der Waals surface area contributed by atoms with E-state index in [0.717, 1.165) is 21.1 Å². The summed E-state index contributed by atoms with van der Waals surface area (Å²) in [5.41, 5.74) is 2.60. The van der Waals surface area contributed by atoms with E-state index in [-0.39, 0.29) is 5.56 Å². The van der Waals surface area contributed by atoms with Gasteiger partial charge in [0.15, 0.2) is 0 Å². The Morgan fingerprint density at radius 1 is 1.06 bits per heavy atom. The summed E-state index contributed by atoms with van der Waals surface area (Å²) in [5.74, 6) is 0. The smallest absolute Gasteiger partial charge is 0.274 e. The van der Waals surface area contributed by atoms with Crippen molar-refractivity contribution < 1.29 is 0 Å². The minimum absolute atomic E-state index is 0.174. The first-order valence-electron chi connectivity index (χ1n) is 5.49. The molecule has 0 fully saturated rings. The van der Waals surface area contributed by atoms with E-state index in [1.807, 2.05) is 48.5 Å². The highest BCUT2D eigenvalue weighted by Gasteiger charge is 2.07. The summed E-state index contributed by atoms with van der Waals surface area (Å²) >= 11 is 3.39. The van der Waals surface area contributed by atoms with Crippen molar-refractivity contribution in [2.45, 2.75) is 0 Å². The van der Waals surface area contributed by atoms with Crippen LogP contribution in [-0.4, -0.2) is 9.97 Å². The Hall–Kier alpha value is -1.94. The van der Waals surface area contributed by atoms with Crippen molar-refractivity contribution in [3.8, 4) is 11.3 Å². The van der Waals surface area contributed by atoms with E-state index in [2.05, 4.69) is 25.9 Å². The number of fused-ring (bicyclic) bond motifs is 1. The summed E-state index contributed by atoms with van der Waals surface area (Å²) in [6.45, 7) is 0. The molecule has 0 atom stereocenters. The molecular weight excluding hydrogens is 292 g/mol. The molecule has 3 nitrogen and oxygen atoms in total. The Labute approximate surface area is 112 Å². The predicted octanol–water partition coefficient (Wildman–Crippen LogP) is 3.35. The van der Waals surface area contributed by atoms with E-state index in [0.29, 0.717) is 5.69 Å². The fraction of sp³-hybridized carbons (Fsp3) is 0. The first kappa shape index (κ1) is 11.2. The second kappa shape index (κ2) is 4.38. The number of H-pyrrole nitrogens is 1. The molecule has 0 bridgehead atoms. The van der Waals surface area contributed by atoms with Crippen LogP contribution in [-0.2, 0) is 0 Å². The van der Waals surface area contributed by atoms with Gasteiger partial charge in [0.25, 0.3) is 5.56 Å². The largest absolute Gasteiger partial charge is 0.319 e. The van der Waals surface area contributed by atoms with Crippen LogP contribution in [0.2, 0.25) is 0 Å². The van der Waals surface area contributed by atoms with E-state index < -0.39 is 0 Å². The second-order valence-electron chi connectivity index (χ2n) is 3.94. The zero-order chi connectivity index (χ0) is 12.5. The molecule has 3 rings (SSSR count). The number of benzene rings is 2. The van der Waals surface area contributed by atoms with Gasteiger partial charge in [-0.05, 0) is 24.3 Å². The van der Waals surface area contributed by atoms with Crippen LogP contribution in [0.5, 0.6) is 0 Å². The SMILES string of the molecule is O=c1[nH]c2ccccc2nc1-c1cccc(Br)c1. The molecule has 1 N–H and O–H groups in total. The molecule has 0 saturated heterocycles. The summed E-state index contributed by atoms with van der Waals surface area (Å²) in [6, 6.07) is 15.1. The molecule has 0 amide bonds. The molecule has 0 aliphatic carbocycles. The number of rotatable bonds is 1. The molecule has 2 aromatic carbocycles. The molecule has 1 heterocycles. The van der Waals surface area contributed by atoms with Crippen LogP contribution in [0.25, 0.3) is 22.3 Å². The Morgan fingerprint density at radius 3 is 2.72 bits per heavy atom. The topological polar surface area (TPSA) is 45.8 Å². The van der Waals surface area contributed by atoms with Gasteiger partial charge >= 0.3 is 0 Å². The van der Waals surface area contributed by atoms with Crippen molar-refractivity contribution in [2.24, 2.45) is 0 Å². The third kappa shape index (κ3) is 1.95. The van der Waals surface area contributed by atoms with Crippen LogP contribution in [0.15, 0.2) is 57.8 Å². The van der Waals surface area contributed by atoms with Gasteiger partial charge in [-0.25, -0.2) is 4.98 Å². The first-order valence-corrected chi connectivity index (χ1v) is 6.28. The quantitative estimate of drug-likeness (QED) is 0.749. The van der Waals surface area contributed by atoms with Crippen molar-refractivity contribution in [1.82, 2.24) is 9.97 Å². The maximum Gasteiger partial charge on any atom is 0.274 e. The van der Waals surface area contributed by atoms with Crippen LogP contribution >= 0.6 is 15.9 Å². The monoisotopic (exact) mass is 300 g/mol. The summed E-state index contributed by atoms with van der Waals surface area (Å²) < 4.78 is 0.925. The summed E-state index contributed by atoms with van der Waals surface area (Å²) in [5, 5.41) is 0. The van der Waals surface area contributed by atoms with Crippen LogP contribution < -0.4 is 5.56 Å². The number of aromatic nitrogens is 2. The molecule has 3 aromatic rings. The Morgan fingerprint density at radius 2 is 1.89 bits per heavy atom. The van der Waals surface area contributed by atoms with E-state index >= 15 is 0 Å². The number of halogens is 1. The molecule has 0 unspecified atom stereocenters. The van der Waals surface area contributed by atoms with Crippen molar-refractivity contribution in [2.75, 3.05) is 0 Å². The lowest BCUT2D eigenvalue weighted by Crippen LogP contribution is -2.11. The lowest BCUT2D eigenvalue weighted by molar-refractivity contribution is 1.22. The highest BCUT2D eigenvalue weighted by Crippen LogP contribution is 2.19. The number of hydrogen-bond acceptors (Lipinski definition) is 2. The van der Waals surface area contributed by atoms with Gasteiger partial charge < -0.3 is 4.98 Å². The Balaban J connectivity index is 2.29. The van der Waals surface area contributed by atoms with Gasteiger partial charge in [0, 0.05) is 10.0 Å². The zero-order valence-corrected chi connectivity index (χ0v) is 10.9. The lowest BCUT2D eigenvalue weighted by Gasteiger charge is -2.03. The fourth-order valence-corrected chi connectivity index (χ4v) is 2.26. The molecule has 4 heteroatoms. The standard InChI is InChI=1S/C14H9BrN2O/c15-10-5-3-4-9(8-10)13-14(18)17-12-7-2-1-6-11(12)16-13/h1-8H,(H,17,18). The average Bonchev–Trinajstić information content (AvgIpc) is 2.38. The third-order valence-electron chi connectivity index (χ3n) is 2.70. The molecule has 1 aromatic heterocycles. The molecule has 18 heavy (non-hydrogen) atoms. The first-order chi connectivity index (χ1) is 8.74. The maximum absolute atomic E-state index is 12.0. The fourth-order valence-electron chi connectivity index (χ4n) is 1.86. The normalized spacial score (nSPS) is 10.7. The van der Waals surface area contributed by atoms with Gasteiger partial charge in [0.05, 0.1) is 11.0 Å². The van der Waals surface area contributed by atoms with Gasteiger partial charge in [-0.1, -0.05) is 40.2 Å². The minimum Gasteiger partial charge on any atom is -0.319 e. The highest BCUT2D eigenvalue weighted by molar-refractivity contribution is 9.10. The average molecular weight is 301 g/mol. The molecular formula is C14H9BrN2O. The van der Waals surface area contributed by atoms with Gasteiger partial charge in [-0.15, -0.1) is 0 Å². The van der Waals surface area contributed by atoms with Crippen molar-refractivity contribution in [1.29, 1.82) is 0 Å². The van der Waals surface area contributed by atoms with Crippen LogP contribution in [0.4, 0.5) is 0 Å². The number of aromatic amines is 1. The molecule has 0 radical (unpaired) electrons. The highest BCUT2D eigenvalue weighted by atomic mass is 79.9. The zero-order valence-electron chi connectivity index (χ0n) is 9.35.